The summed E-state index contributed by atoms with van der Waals surface area (Å²) in [6.07, 6.45) is 10.0. The number of hydrogen-bond donors (Lipinski definition) is 2. The van der Waals surface area contributed by atoms with Gasteiger partial charge < -0.3 is 0 Å². The summed E-state index contributed by atoms with van der Waals surface area (Å²) in [6, 6.07) is 23.9. The number of carbonyl (C=O) groups excluding carboxylic acids is 2. The van der Waals surface area contributed by atoms with Gasteiger partial charge in [0.2, 0.25) is 0 Å². The van der Waals surface area contributed by atoms with Crippen molar-refractivity contribution >= 4 is 36.4 Å². The molecule has 0 fully saturated rings. The number of allylic oxidation sites excluding steroid dienone is 2. The molecule has 0 aliphatic rings. The quantitative estimate of drug-likeness (QED) is 0.424. The van der Waals surface area contributed by atoms with Crippen LogP contribution in [0.3, 0.4) is 0 Å². The normalized spacial score (nSPS) is 11.5. The summed E-state index contributed by atoms with van der Waals surface area (Å²) in [5.74, 6) is -1.06. The molecule has 0 spiro atoms. The van der Waals surface area contributed by atoms with Crippen LogP contribution >= 0.6 is 0 Å². The maximum Gasteiger partial charge on any atom is 0.289 e. The van der Waals surface area contributed by atoms with Crippen molar-refractivity contribution in [3.63, 3.8) is 0 Å². The van der Waals surface area contributed by atoms with Crippen molar-refractivity contribution in [2.75, 3.05) is 0 Å². The maximum atomic E-state index is 12.2. The summed E-state index contributed by atoms with van der Waals surface area (Å²) in [4.78, 5) is 28.5. The molecule has 158 valence electrons. The van der Waals surface area contributed by atoms with E-state index < -0.39 is 11.8 Å². The summed E-state index contributed by atoms with van der Waals surface area (Å²) in [5.41, 5.74) is 6.91. The fourth-order valence-electron chi connectivity index (χ4n) is 2.52. The van der Waals surface area contributed by atoms with Gasteiger partial charge in [-0.3, -0.25) is 9.59 Å². The highest BCUT2D eigenvalue weighted by Gasteiger charge is 2.11. The van der Waals surface area contributed by atoms with Crippen molar-refractivity contribution in [2.45, 2.75) is 0 Å². The molecule has 2 N–H and O–H groups in total. The van der Waals surface area contributed by atoms with Gasteiger partial charge in [-0.1, -0.05) is 78.9 Å². The summed E-state index contributed by atoms with van der Waals surface area (Å²) < 4.78 is 0. The van der Waals surface area contributed by atoms with Crippen molar-refractivity contribution in [3.05, 3.63) is 114 Å². The topological polar surface area (TPSA) is 95.8 Å². The van der Waals surface area contributed by atoms with Gasteiger partial charge in [0.05, 0.1) is 0 Å². The molecule has 0 unspecified atom stereocenters. The Hall–Kier alpha value is -4.65. The zero-order valence-electron chi connectivity index (χ0n) is 17.1. The third-order valence-electron chi connectivity index (χ3n) is 4.04. The minimum atomic E-state index is -0.529. The minimum absolute atomic E-state index is 0.0646. The zero-order valence-corrected chi connectivity index (χ0v) is 17.1. The van der Waals surface area contributed by atoms with Crippen LogP contribution in [0.2, 0.25) is 0 Å². The average Bonchev–Trinajstić information content (AvgIpc) is 2.84. The molecule has 0 bridgehead atoms. The summed E-state index contributed by atoms with van der Waals surface area (Å²) in [6.45, 7) is 0. The van der Waals surface area contributed by atoms with E-state index in [1.165, 1.54) is 24.6 Å². The Kier molecular flexibility index (Phi) is 8.36. The first kappa shape index (κ1) is 22.0. The van der Waals surface area contributed by atoms with Crippen LogP contribution in [0.4, 0.5) is 0 Å². The van der Waals surface area contributed by atoms with Crippen molar-refractivity contribution in [1.29, 1.82) is 0 Å². The van der Waals surface area contributed by atoms with Crippen LogP contribution in [0.5, 0.6) is 0 Å². The van der Waals surface area contributed by atoms with E-state index in [1.807, 2.05) is 72.8 Å². The molecule has 0 atom stereocenters. The van der Waals surface area contributed by atoms with Crippen LogP contribution in [0.15, 0.2) is 101 Å². The van der Waals surface area contributed by atoms with E-state index in [9.17, 15) is 9.59 Å². The summed E-state index contributed by atoms with van der Waals surface area (Å²) in [7, 11) is 0. The zero-order chi connectivity index (χ0) is 22.4. The molecule has 3 rings (SSSR count). The molecule has 32 heavy (non-hydrogen) atoms. The van der Waals surface area contributed by atoms with E-state index in [0.717, 1.165) is 11.1 Å². The first-order chi connectivity index (χ1) is 15.7. The standard InChI is InChI=1S/C25H21N5O2/c31-24(29-26-18-8-14-20-10-3-1-4-11-20)22-16-7-17-23(28-22)25(32)30-27-19-9-15-21-12-5-2-6-13-21/h1-19H,(H,29,31)(H,30,32). The van der Waals surface area contributed by atoms with Gasteiger partial charge in [0.25, 0.3) is 11.8 Å². The molecule has 0 saturated carbocycles. The molecular formula is C25H21N5O2. The Morgan fingerprint density at radius 1 is 0.625 bits per heavy atom. The fraction of sp³-hybridized carbons (Fsp3) is 0. The SMILES string of the molecule is O=C(NN=CC=Cc1ccccc1)c1cccc(C(=O)NN=CC=Cc2ccccc2)n1. The highest BCUT2D eigenvalue weighted by atomic mass is 16.2. The second-order valence-corrected chi connectivity index (χ2v) is 6.39. The van der Waals surface area contributed by atoms with Gasteiger partial charge in [0.15, 0.2) is 0 Å². The van der Waals surface area contributed by atoms with E-state index in [1.54, 1.807) is 18.2 Å². The Labute approximate surface area is 185 Å². The Balaban J connectivity index is 1.50. The number of aromatic nitrogens is 1. The average molecular weight is 423 g/mol. The second-order valence-electron chi connectivity index (χ2n) is 6.39. The van der Waals surface area contributed by atoms with Crippen molar-refractivity contribution in [3.8, 4) is 0 Å². The van der Waals surface area contributed by atoms with Crippen LogP contribution in [0, 0.1) is 0 Å². The molecule has 2 amide bonds. The molecule has 2 aromatic carbocycles. The van der Waals surface area contributed by atoms with E-state index in [2.05, 4.69) is 26.0 Å². The maximum absolute atomic E-state index is 12.2. The molecule has 1 aromatic heterocycles. The molecule has 0 aliphatic carbocycles. The number of hydrogen-bond acceptors (Lipinski definition) is 5. The number of carbonyl (C=O) groups is 2. The van der Waals surface area contributed by atoms with Gasteiger partial charge in [-0.15, -0.1) is 0 Å². The van der Waals surface area contributed by atoms with Crippen molar-refractivity contribution < 1.29 is 9.59 Å². The summed E-state index contributed by atoms with van der Waals surface area (Å²) >= 11 is 0. The molecule has 0 aliphatic heterocycles. The van der Waals surface area contributed by atoms with Gasteiger partial charge in [-0.25, -0.2) is 15.8 Å². The van der Waals surface area contributed by atoms with Crippen LogP contribution in [0.25, 0.3) is 12.2 Å². The molecule has 7 heteroatoms. The largest absolute Gasteiger partial charge is 0.289 e. The number of nitrogens with zero attached hydrogens (tertiary/aromatic N) is 3. The lowest BCUT2D eigenvalue weighted by Gasteiger charge is -2.02. The monoisotopic (exact) mass is 423 g/mol. The molecule has 0 saturated heterocycles. The predicted octanol–water partition coefficient (Wildman–Crippen LogP) is 3.94. The van der Waals surface area contributed by atoms with E-state index in [0.29, 0.717) is 0 Å². The lowest BCUT2D eigenvalue weighted by Crippen LogP contribution is -2.23. The van der Waals surface area contributed by atoms with Crippen LogP contribution in [0.1, 0.15) is 32.1 Å². The highest BCUT2D eigenvalue weighted by Crippen LogP contribution is 2.02. The number of hydrazone groups is 2. The molecular weight excluding hydrogens is 402 g/mol. The Morgan fingerprint density at radius 2 is 1.06 bits per heavy atom. The van der Waals surface area contributed by atoms with Crippen LogP contribution in [-0.2, 0) is 0 Å². The smallest absolute Gasteiger partial charge is 0.266 e. The first-order valence-corrected chi connectivity index (χ1v) is 9.80. The number of rotatable bonds is 8. The number of benzene rings is 2. The molecule has 0 radical (unpaired) electrons. The Bertz CT molecular complexity index is 1060. The minimum Gasteiger partial charge on any atom is -0.266 e. The number of amides is 2. The van der Waals surface area contributed by atoms with E-state index in [4.69, 9.17) is 0 Å². The van der Waals surface area contributed by atoms with Crippen molar-refractivity contribution in [2.24, 2.45) is 10.2 Å². The molecule has 3 aromatic rings. The van der Waals surface area contributed by atoms with Gasteiger partial charge >= 0.3 is 0 Å². The van der Waals surface area contributed by atoms with Gasteiger partial charge in [-0.05, 0) is 35.4 Å². The van der Waals surface area contributed by atoms with Gasteiger partial charge in [0, 0.05) is 12.4 Å². The van der Waals surface area contributed by atoms with E-state index in [-0.39, 0.29) is 11.4 Å². The number of nitrogens with one attached hydrogen (secondary N) is 2. The fourth-order valence-corrected chi connectivity index (χ4v) is 2.52. The molecule has 7 nitrogen and oxygen atoms in total. The first-order valence-electron chi connectivity index (χ1n) is 9.80. The second kappa shape index (κ2) is 12.1. The highest BCUT2D eigenvalue weighted by molar-refractivity contribution is 5.96. The van der Waals surface area contributed by atoms with Crippen LogP contribution in [-0.4, -0.2) is 29.2 Å². The van der Waals surface area contributed by atoms with E-state index >= 15 is 0 Å². The van der Waals surface area contributed by atoms with Crippen molar-refractivity contribution in [1.82, 2.24) is 15.8 Å². The number of pyridine rings is 1. The third-order valence-corrected chi connectivity index (χ3v) is 4.04. The predicted molar refractivity (Wildman–Crippen MR) is 127 cm³/mol. The van der Waals surface area contributed by atoms with Crippen LogP contribution < -0.4 is 10.9 Å². The summed E-state index contributed by atoms with van der Waals surface area (Å²) in [5, 5.41) is 7.70. The lowest BCUT2D eigenvalue weighted by atomic mass is 10.2. The third kappa shape index (κ3) is 7.31. The van der Waals surface area contributed by atoms with Gasteiger partial charge in [-0.2, -0.15) is 10.2 Å². The Morgan fingerprint density at radius 3 is 1.50 bits per heavy atom. The van der Waals surface area contributed by atoms with Gasteiger partial charge in [0.1, 0.15) is 11.4 Å². The lowest BCUT2D eigenvalue weighted by molar-refractivity contribution is 0.0946. The molecule has 1 heterocycles.